The highest BCUT2D eigenvalue weighted by Crippen LogP contribution is 2.21. The maximum absolute atomic E-state index is 13.6. The van der Waals surface area contributed by atoms with Crippen LogP contribution >= 0.6 is 0 Å². The van der Waals surface area contributed by atoms with Gasteiger partial charge in [0.05, 0.1) is 0 Å². The molecule has 108 valence electrons. The van der Waals surface area contributed by atoms with Gasteiger partial charge >= 0.3 is 0 Å². The maximum Gasteiger partial charge on any atom is 0.247 e. The minimum Gasteiger partial charge on any atom is -0.440 e. The van der Waals surface area contributed by atoms with Crippen molar-refractivity contribution < 1.29 is 13.2 Å². The molecule has 4 aromatic rings. The number of aromatic nitrogens is 3. The van der Waals surface area contributed by atoms with Crippen molar-refractivity contribution in [1.29, 1.82) is 0 Å². The molecule has 0 fully saturated rings. The normalized spacial score (nSPS) is 11.1. The molecule has 2 aromatic carbocycles. The molecule has 4 rings (SSSR count). The smallest absolute Gasteiger partial charge is 0.247 e. The van der Waals surface area contributed by atoms with E-state index in [-0.39, 0.29) is 11.9 Å². The Labute approximate surface area is 124 Å². The van der Waals surface area contributed by atoms with Crippen molar-refractivity contribution in [1.82, 2.24) is 15.2 Å². The maximum atomic E-state index is 13.6. The predicted octanol–water partition coefficient (Wildman–Crippen LogP) is 3.61. The number of para-hydroxylation sites is 1. The third-order valence-electron chi connectivity index (χ3n) is 3.20. The third-order valence-corrected chi connectivity index (χ3v) is 3.20. The van der Waals surface area contributed by atoms with Crippen molar-refractivity contribution in [3.05, 3.63) is 66.1 Å². The Hall–Kier alpha value is -3.02. The minimum atomic E-state index is -0.414. The molecular weight excluding hydrogens is 285 g/mol. The van der Waals surface area contributed by atoms with Crippen LogP contribution in [0.1, 0.15) is 11.8 Å². The third kappa shape index (κ3) is 2.24. The molecule has 2 heterocycles. The van der Waals surface area contributed by atoms with E-state index in [1.807, 2.05) is 30.3 Å². The number of halogens is 1. The highest BCUT2D eigenvalue weighted by atomic mass is 19.1. The standard InChI is InChI=1S/C16H10FN3O2/c17-11-7-4-8-12-15(11)18-13(21-12)9-14-19-20-16(22-14)10-5-2-1-3-6-10/h1-8H,9H2. The van der Waals surface area contributed by atoms with Crippen LogP contribution in [0.25, 0.3) is 22.6 Å². The zero-order valence-corrected chi connectivity index (χ0v) is 11.4. The van der Waals surface area contributed by atoms with Gasteiger partial charge in [-0.05, 0) is 24.3 Å². The molecule has 0 aliphatic heterocycles. The molecule has 0 aliphatic carbocycles. The average Bonchev–Trinajstić information content (AvgIpc) is 3.16. The first-order chi connectivity index (χ1) is 10.8. The average molecular weight is 295 g/mol. The molecule has 6 heteroatoms. The summed E-state index contributed by atoms with van der Waals surface area (Å²) in [6.45, 7) is 0. The van der Waals surface area contributed by atoms with Gasteiger partial charge in [0.1, 0.15) is 11.9 Å². The first kappa shape index (κ1) is 12.7. The predicted molar refractivity (Wildman–Crippen MR) is 76.5 cm³/mol. The Morgan fingerprint density at radius 1 is 0.864 bits per heavy atom. The van der Waals surface area contributed by atoms with Crippen LogP contribution in [0.5, 0.6) is 0 Å². The highest BCUT2D eigenvalue weighted by Gasteiger charge is 2.14. The van der Waals surface area contributed by atoms with Crippen molar-refractivity contribution in [2.75, 3.05) is 0 Å². The van der Waals surface area contributed by atoms with Crippen LogP contribution in [-0.4, -0.2) is 15.2 Å². The Balaban J connectivity index is 1.63. The van der Waals surface area contributed by atoms with Crippen LogP contribution in [0, 0.1) is 5.82 Å². The van der Waals surface area contributed by atoms with Crippen molar-refractivity contribution >= 4 is 11.1 Å². The monoisotopic (exact) mass is 295 g/mol. The van der Waals surface area contributed by atoms with E-state index in [0.29, 0.717) is 23.3 Å². The van der Waals surface area contributed by atoms with Gasteiger partial charge in [-0.3, -0.25) is 0 Å². The number of rotatable bonds is 3. The molecular formula is C16H10FN3O2. The SMILES string of the molecule is Fc1cccc2oc(Cc3nnc(-c4ccccc4)o3)nc12. The van der Waals surface area contributed by atoms with E-state index in [1.54, 1.807) is 12.1 Å². The molecule has 0 unspecified atom stereocenters. The summed E-state index contributed by atoms with van der Waals surface area (Å²) in [6, 6.07) is 14.0. The number of oxazole rings is 1. The van der Waals surface area contributed by atoms with Gasteiger partial charge in [0.15, 0.2) is 11.4 Å². The molecule has 0 bridgehead atoms. The van der Waals surface area contributed by atoms with Gasteiger partial charge in [-0.15, -0.1) is 10.2 Å². The van der Waals surface area contributed by atoms with Gasteiger partial charge < -0.3 is 8.83 Å². The molecule has 0 atom stereocenters. The summed E-state index contributed by atoms with van der Waals surface area (Å²) >= 11 is 0. The van der Waals surface area contributed by atoms with Gasteiger partial charge in [0.25, 0.3) is 0 Å². The molecule has 0 aliphatic rings. The molecule has 0 amide bonds. The fourth-order valence-electron chi connectivity index (χ4n) is 2.19. The zero-order chi connectivity index (χ0) is 14.9. The van der Waals surface area contributed by atoms with Crippen molar-refractivity contribution in [2.45, 2.75) is 6.42 Å². The topological polar surface area (TPSA) is 65.0 Å². The van der Waals surface area contributed by atoms with Crippen molar-refractivity contribution in [3.63, 3.8) is 0 Å². The van der Waals surface area contributed by atoms with E-state index in [2.05, 4.69) is 15.2 Å². The number of fused-ring (bicyclic) bond motifs is 1. The van der Waals surface area contributed by atoms with E-state index in [9.17, 15) is 4.39 Å². The van der Waals surface area contributed by atoms with Gasteiger partial charge in [-0.25, -0.2) is 9.37 Å². The van der Waals surface area contributed by atoms with Crippen LogP contribution in [0.3, 0.4) is 0 Å². The Bertz CT molecular complexity index is 931. The fraction of sp³-hybridized carbons (Fsp3) is 0.0625. The summed E-state index contributed by atoms with van der Waals surface area (Å²) in [6.07, 6.45) is 0.216. The summed E-state index contributed by atoms with van der Waals surface area (Å²) in [5.41, 5.74) is 1.45. The second-order valence-corrected chi connectivity index (χ2v) is 4.74. The van der Waals surface area contributed by atoms with E-state index in [1.165, 1.54) is 6.07 Å². The second kappa shape index (κ2) is 5.07. The van der Waals surface area contributed by atoms with Crippen molar-refractivity contribution in [3.8, 4) is 11.5 Å². The van der Waals surface area contributed by atoms with E-state index in [0.717, 1.165) is 5.56 Å². The van der Waals surface area contributed by atoms with Crippen LogP contribution in [0.2, 0.25) is 0 Å². The highest BCUT2D eigenvalue weighted by molar-refractivity contribution is 5.73. The number of benzene rings is 2. The molecule has 22 heavy (non-hydrogen) atoms. The van der Waals surface area contributed by atoms with Crippen LogP contribution in [-0.2, 0) is 6.42 Å². The number of hydrogen-bond acceptors (Lipinski definition) is 5. The summed E-state index contributed by atoms with van der Waals surface area (Å²) in [5.74, 6) is 0.718. The molecule has 0 saturated heterocycles. The number of hydrogen-bond donors (Lipinski definition) is 0. The lowest BCUT2D eigenvalue weighted by Crippen LogP contribution is -1.88. The molecule has 0 saturated carbocycles. The largest absolute Gasteiger partial charge is 0.440 e. The second-order valence-electron chi connectivity index (χ2n) is 4.74. The Morgan fingerprint density at radius 2 is 1.73 bits per heavy atom. The van der Waals surface area contributed by atoms with E-state index >= 15 is 0 Å². The Kier molecular flexibility index (Phi) is 2.93. The summed E-state index contributed by atoms with van der Waals surface area (Å²) in [4.78, 5) is 4.12. The van der Waals surface area contributed by atoms with Crippen molar-refractivity contribution in [2.24, 2.45) is 0 Å². The van der Waals surface area contributed by atoms with Crippen LogP contribution in [0.15, 0.2) is 57.4 Å². The molecule has 0 spiro atoms. The number of nitrogens with zero attached hydrogens (tertiary/aromatic N) is 3. The lowest BCUT2D eigenvalue weighted by molar-refractivity contribution is 0.476. The molecule has 0 radical (unpaired) electrons. The van der Waals surface area contributed by atoms with Crippen LogP contribution in [0.4, 0.5) is 4.39 Å². The fourth-order valence-corrected chi connectivity index (χ4v) is 2.19. The first-order valence-electron chi connectivity index (χ1n) is 6.71. The van der Waals surface area contributed by atoms with E-state index in [4.69, 9.17) is 8.83 Å². The first-order valence-corrected chi connectivity index (χ1v) is 6.71. The molecule has 0 N–H and O–H groups in total. The van der Waals surface area contributed by atoms with Gasteiger partial charge in [-0.2, -0.15) is 0 Å². The summed E-state index contributed by atoms with van der Waals surface area (Å²) < 4.78 is 24.7. The van der Waals surface area contributed by atoms with E-state index < -0.39 is 5.82 Å². The lowest BCUT2D eigenvalue weighted by Gasteiger charge is -1.92. The summed E-state index contributed by atoms with van der Waals surface area (Å²) in [7, 11) is 0. The summed E-state index contributed by atoms with van der Waals surface area (Å²) in [5, 5.41) is 7.96. The van der Waals surface area contributed by atoms with Gasteiger partial charge in [-0.1, -0.05) is 24.3 Å². The quantitative estimate of drug-likeness (QED) is 0.577. The molecule has 5 nitrogen and oxygen atoms in total. The lowest BCUT2D eigenvalue weighted by atomic mass is 10.2. The zero-order valence-electron chi connectivity index (χ0n) is 11.4. The van der Waals surface area contributed by atoms with Crippen LogP contribution < -0.4 is 0 Å². The molecule has 2 aromatic heterocycles. The van der Waals surface area contributed by atoms with Gasteiger partial charge in [0, 0.05) is 5.56 Å². The minimum absolute atomic E-state index is 0.209. The van der Waals surface area contributed by atoms with Gasteiger partial charge in [0.2, 0.25) is 17.7 Å². The Morgan fingerprint density at radius 3 is 2.55 bits per heavy atom.